The number of ketones is 2. The summed E-state index contributed by atoms with van der Waals surface area (Å²) in [6.07, 6.45) is 4.38. The largest absolute Gasteiger partial charge is 0.493 e. The van der Waals surface area contributed by atoms with Crippen LogP contribution in [0.2, 0.25) is 0 Å². The van der Waals surface area contributed by atoms with Crippen molar-refractivity contribution in [2.45, 2.75) is 181 Å². The average molecular weight is 834 g/mol. The maximum absolute atomic E-state index is 16.2. The van der Waals surface area contributed by atoms with E-state index in [1.165, 1.54) is 19.1 Å². The molecule has 334 valence electrons. The Morgan fingerprint density at radius 3 is 2.27 bits per heavy atom. The third-order valence-electron chi connectivity index (χ3n) is 13.4. The zero-order chi connectivity index (χ0) is 43.8. The van der Waals surface area contributed by atoms with Gasteiger partial charge in [-0.2, -0.15) is 0 Å². The first-order valence-electron chi connectivity index (χ1n) is 21.9. The number of piperidine rings is 1. The number of fused-ring (bicyclic) bond motifs is 3. The Labute approximate surface area is 351 Å². The first-order chi connectivity index (χ1) is 27.9. The molecule has 1 aliphatic carbocycles. The number of hydrogen-bond acceptors (Lipinski definition) is 11. The summed E-state index contributed by atoms with van der Waals surface area (Å²) in [6.45, 7) is 14.5. The minimum absolute atomic E-state index is 0.0232. The zero-order valence-corrected chi connectivity index (χ0v) is 37.1. The number of cyclic esters (lactones) is 1. The van der Waals surface area contributed by atoms with Gasteiger partial charge in [-0.25, -0.2) is 9.18 Å². The van der Waals surface area contributed by atoms with E-state index < -0.39 is 83.9 Å². The van der Waals surface area contributed by atoms with E-state index in [1.807, 2.05) is 46.8 Å². The maximum Gasteiger partial charge on any atom is 0.329 e. The van der Waals surface area contributed by atoms with Crippen LogP contribution in [-0.4, -0.2) is 114 Å². The molecule has 0 aromatic carbocycles. The molecule has 1 amide bonds. The number of Topliss-reactive ketones (excluding diaryl/α,β-unsaturated/α-hetero) is 2. The second kappa shape index (κ2) is 21.7. The van der Waals surface area contributed by atoms with E-state index in [0.717, 1.165) is 17.8 Å². The van der Waals surface area contributed by atoms with Gasteiger partial charge in [0.25, 0.3) is 11.7 Å². The summed E-state index contributed by atoms with van der Waals surface area (Å²) in [5, 5.41) is 23.0. The smallest absolute Gasteiger partial charge is 0.329 e. The van der Waals surface area contributed by atoms with E-state index in [9.17, 15) is 29.4 Å². The number of carbonyl (C=O) groups is 4. The third-order valence-corrected chi connectivity index (χ3v) is 13.4. The number of allylic oxidation sites excluding steroid dienone is 5. The Balaban J connectivity index is 1.73. The van der Waals surface area contributed by atoms with E-state index in [4.69, 9.17) is 23.7 Å². The molecule has 2 bridgehead atoms. The highest BCUT2D eigenvalue weighted by Gasteiger charge is 2.56. The number of alkyl halides is 1. The molecule has 1 saturated carbocycles. The summed E-state index contributed by atoms with van der Waals surface area (Å²) in [4.78, 5) is 57.8. The topological polar surface area (TPSA) is 158 Å². The molecule has 14 atom stereocenters. The van der Waals surface area contributed by atoms with Crippen molar-refractivity contribution in [3.05, 3.63) is 35.1 Å². The Kier molecular flexibility index (Phi) is 17.9. The van der Waals surface area contributed by atoms with E-state index in [-0.39, 0.29) is 56.0 Å². The zero-order valence-electron chi connectivity index (χ0n) is 37.1. The number of halogens is 1. The van der Waals surface area contributed by atoms with Crippen LogP contribution < -0.4 is 0 Å². The average Bonchev–Trinajstić information content (AvgIpc) is 3.22. The minimum atomic E-state index is -2.57. The van der Waals surface area contributed by atoms with Crippen LogP contribution in [0.25, 0.3) is 0 Å². The molecule has 59 heavy (non-hydrogen) atoms. The van der Waals surface area contributed by atoms with Gasteiger partial charge in [-0.15, -0.1) is 0 Å². The molecule has 0 aromatic rings. The van der Waals surface area contributed by atoms with Gasteiger partial charge in [-0.1, -0.05) is 39.8 Å². The van der Waals surface area contributed by atoms with E-state index in [2.05, 4.69) is 0 Å². The predicted molar refractivity (Wildman–Crippen MR) is 220 cm³/mol. The van der Waals surface area contributed by atoms with Crippen LogP contribution in [0.4, 0.5) is 4.39 Å². The lowest BCUT2D eigenvalue weighted by Crippen LogP contribution is -2.64. The summed E-state index contributed by atoms with van der Waals surface area (Å²) in [5.41, 5.74) is 1.17. The van der Waals surface area contributed by atoms with Gasteiger partial charge in [0.2, 0.25) is 5.79 Å². The van der Waals surface area contributed by atoms with Gasteiger partial charge in [-0.05, 0) is 127 Å². The highest BCUT2D eigenvalue weighted by Crippen LogP contribution is 2.39. The number of aliphatic hydroxyl groups excluding tert-OH is 1. The summed E-state index contributed by atoms with van der Waals surface area (Å²) < 4.78 is 46.2. The molecule has 2 saturated heterocycles. The number of amides is 1. The van der Waals surface area contributed by atoms with E-state index in [0.29, 0.717) is 44.1 Å². The van der Waals surface area contributed by atoms with E-state index >= 15 is 4.39 Å². The van der Waals surface area contributed by atoms with Gasteiger partial charge in [-0.3, -0.25) is 14.4 Å². The highest BCUT2D eigenvalue weighted by atomic mass is 19.1. The number of aliphatic hydroxyl groups is 2. The Bertz CT molecular complexity index is 1560. The van der Waals surface area contributed by atoms with Crippen molar-refractivity contribution in [3.63, 3.8) is 0 Å². The lowest BCUT2D eigenvalue weighted by molar-refractivity contribution is -0.302. The van der Waals surface area contributed by atoms with Crippen molar-refractivity contribution in [2.24, 2.45) is 29.6 Å². The monoisotopic (exact) mass is 834 g/mol. The van der Waals surface area contributed by atoms with Crippen molar-refractivity contribution in [3.8, 4) is 0 Å². The molecular weight excluding hydrogens is 761 g/mol. The summed E-state index contributed by atoms with van der Waals surface area (Å²) in [5.74, 6) is -7.17. The first kappa shape index (κ1) is 48.7. The Morgan fingerprint density at radius 2 is 1.64 bits per heavy atom. The number of rotatable bonds is 7. The first-order valence-corrected chi connectivity index (χ1v) is 21.9. The van der Waals surface area contributed by atoms with Gasteiger partial charge in [0.15, 0.2) is 0 Å². The molecule has 14 unspecified atom stereocenters. The molecule has 0 radical (unpaired) electrons. The summed E-state index contributed by atoms with van der Waals surface area (Å²) in [7, 11) is 2.91. The Hall–Kier alpha value is -2.97. The minimum Gasteiger partial charge on any atom is -0.493 e. The molecule has 0 aromatic heterocycles. The fourth-order valence-corrected chi connectivity index (χ4v) is 9.50. The van der Waals surface area contributed by atoms with Crippen molar-refractivity contribution >= 4 is 23.4 Å². The van der Waals surface area contributed by atoms with Crippen molar-refractivity contribution in [1.82, 2.24) is 4.90 Å². The van der Waals surface area contributed by atoms with Crippen LogP contribution in [0.1, 0.15) is 126 Å². The number of carbonyl (C=O) groups excluding carboxylic acids is 4. The van der Waals surface area contributed by atoms with Crippen LogP contribution in [0.3, 0.4) is 0 Å². The third kappa shape index (κ3) is 11.7. The number of esters is 1. The fourth-order valence-electron chi connectivity index (χ4n) is 9.50. The second-order valence-electron chi connectivity index (χ2n) is 17.8. The normalized spacial score (nSPS) is 40.3. The molecule has 4 rings (SSSR count). The standard InChI is InChI=1S/C46H72FNO11/c1-11-31(8)57-37-19-17-32(25-36(37)50)21-29(6)41-26(3)16-18-35(49)33(12-2)22-27(4)40(47)28(5)23-38(55-9)42-39(56-10)24-30(7)46(54,59-42)43(51)44(52)48-20-14-13-15-34(48)45(53)58-41/h11,21-22,26,28,30,32-34,36-42,50,54H,12-20,23-25H2,1-10H3/b27-22+,29-21?,31-11?. The van der Waals surface area contributed by atoms with Gasteiger partial charge in [0.1, 0.15) is 36.3 Å². The lowest BCUT2D eigenvalue weighted by atomic mass is 9.81. The summed E-state index contributed by atoms with van der Waals surface area (Å²) in [6, 6.07) is -1.10. The maximum atomic E-state index is 16.2. The van der Waals surface area contributed by atoms with Gasteiger partial charge in [0.05, 0.1) is 24.1 Å². The SMILES string of the molecule is CC=C(C)OC1CCC(C=C(C)C2OC(=O)C3CCCCN3C(=O)C(=O)C3(O)OC(C(OC)CC(C)C(F)/C(C)=C/C(CC)C(=O)CCC2C)C(OC)CC3C)CC1O. The van der Waals surface area contributed by atoms with E-state index in [1.54, 1.807) is 26.8 Å². The molecule has 2 N–H and O–H groups in total. The second-order valence-corrected chi connectivity index (χ2v) is 17.8. The quantitative estimate of drug-likeness (QED) is 0.121. The van der Waals surface area contributed by atoms with Crippen molar-refractivity contribution in [1.29, 1.82) is 0 Å². The summed E-state index contributed by atoms with van der Waals surface area (Å²) >= 11 is 0. The van der Waals surface area contributed by atoms with Gasteiger partial charge < -0.3 is 38.8 Å². The van der Waals surface area contributed by atoms with Crippen LogP contribution in [-0.2, 0) is 42.9 Å². The molecule has 12 nitrogen and oxygen atoms in total. The molecule has 3 aliphatic heterocycles. The number of hydrogen-bond donors (Lipinski definition) is 2. The van der Waals surface area contributed by atoms with Crippen LogP contribution in [0.5, 0.6) is 0 Å². The van der Waals surface area contributed by atoms with Crippen LogP contribution in [0.15, 0.2) is 35.1 Å². The molecular formula is C46H72FNO11. The molecule has 3 heterocycles. The number of nitrogens with zero attached hydrogens (tertiary/aromatic N) is 1. The Morgan fingerprint density at radius 1 is 0.966 bits per heavy atom. The molecule has 4 aliphatic rings. The number of ether oxygens (including phenoxy) is 5. The van der Waals surface area contributed by atoms with Gasteiger partial charge >= 0.3 is 5.97 Å². The lowest BCUT2D eigenvalue weighted by Gasteiger charge is -2.47. The van der Waals surface area contributed by atoms with Crippen molar-refractivity contribution < 1.29 is 57.5 Å². The molecule has 3 fully saturated rings. The molecule has 13 heteroatoms. The fraction of sp³-hybridized carbons (Fsp3) is 0.783. The van der Waals surface area contributed by atoms with Crippen LogP contribution >= 0.6 is 0 Å². The molecule has 0 spiro atoms. The predicted octanol–water partition coefficient (Wildman–Crippen LogP) is 6.74. The highest BCUT2D eigenvalue weighted by molar-refractivity contribution is 6.39. The van der Waals surface area contributed by atoms with Crippen LogP contribution in [0, 0.1) is 29.6 Å². The van der Waals surface area contributed by atoms with Gasteiger partial charge in [0, 0.05) is 39.0 Å². The van der Waals surface area contributed by atoms with Crippen molar-refractivity contribution in [2.75, 3.05) is 20.8 Å². The number of methoxy groups -OCH3 is 2.